The summed E-state index contributed by atoms with van der Waals surface area (Å²) in [5, 5.41) is 12.0. The van der Waals surface area contributed by atoms with Crippen molar-refractivity contribution >= 4 is 12.0 Å². The maximum absolute atomic E-state index is 12.3. The number of piperidine rings is 1. The Labute approximate surface area is 120 Å². The van der Waals surface area contributed by atoms with Crippen molar-refractivity contribution in [1.82, 2.24) is 10.2 Å². The third kappa shape index (κ3) is 2.63. The summed E-state index contributed by atoms with van der Waals surface area (Å²) in [5.41, 5.74) is 0.248. The molecular formula is C15H26N2O3. The van der Waals surface area contributed by atoms with Crippen LogP contribution in [0.4, 0.5) is 4.79 Å². The van der Waals surface area contributed by atoms with Crippen LogP contribution in [0.5, 0.6) is 0 Å². The number of amides is 2. The molecule has 1 unspecified atom stereocenters. The van der Waals surface area contributed by atoms with E-state index in [4.69, 9.17) is 5.11 Å². The van der Waals surface area contributed by atoms with E-state index in [1.54, 1.807) is 4.90 Å². The van der Waals surface area contributed by atoms with Crippen LogP contribution < -0.4 is 5.32 Å². The van der Waals surface area contributed by atoms with E-state index in [0.717, 1.165) is 19.4 Å². The Kier molecular flexibility index (Phi) is 3.73. The molecule has 1 aliphatic carbocycles. The molecule has 20 heavy (non-hydrogen) atoms. The molecule has 5 nitrogen and oxygen atoms in total. The van der Waals surface area contributed by atoms with Crippen LogP contribution in [0.15, 0.2) is 0 Å². The highest BCUT2D eigenvalue weighted by atomic mass is 16.4. The number of likely N-dealkylation sites (tertiary alicyclic amines) is 1. The SMILES string of the molecule is CC1(C)C(NC(=O)N2CCCC(CC(=O)O)C2)C1(C)C. The summed E-state index contributed by atoms with van der Waals surface area (Å²) >= 11 is 0. The lowest BCUT2D eigenvalue weighted by atomic mass is 9.95. The van der Waals surface area contributed by atoms with Gasteiger partial charge in [-0.15, -0.1) is 0 Å². The first-order valence-corrected chi connectivity index (χ1v) is 7.43. The maximum Gasteiger partial charge on any atom is 0.317 e. The minimum Gasteiger partial charge on any atom is -0.481 e. The third-order valence-corrected chi connectivity index (χ3v) is 5.56. The fraction of sp³-hybridized carbons (Fsp3) is 0.867. The van der Waals surface area contributed by atoms with Gasteiger partial charge in [-0.1, -0.05) is 27.7 Å². The van der Waals surface area contributed by atoms with Crippen molar-refractivity contribution in [2.24, 2.45) is 16.7 Å². The molecule has 0 aromatic heterocycles. The van der Waals surface area contributed by atoms with E-state index in [1.165, 1.54) is 0 Å². The molecule has 1 saturated carbocycles. The molecule has 0 bridgehead atoms. The van der Waals surface area contributed by atoms with Crippen molar-refractivity contribution in [2.45, 2.75) is 53.0 Å². The van der Waals surface area contributed by atoms with Crippen LogP contribution in [-0.2, 0) is 4.79 Å². The zero-order valence-corrected chi connectivity index (χ0v) is 12.9. The van der Waals surface area contributed by atoms with Gasteiger partial charge < -0.3 is 15.3 Å². The lowest BCUT2D eigenvalue weighted by molar-refractivity contribution is -0.138. The minimum atomic E-state index is -0.776. The largest absolute Gasteiger partial charge is 0.481 e. The lowest BCUT2D eigenvalue weighted by Gasteiger charge is -2.32. The first-order chi connectivity index (χ1) is 9.16. The maximum atomic E-state index is 12.3. The van der Waals surface area contributed by atoms with Gasteiger partial charge in [0.25, 0.3) is 0 Å². The molecule has 1 atom stereocenters. The number of hydrogen-bond acceptors (Lipinski definition) is 2. The van der Waals surface area contributed by atoms with Gasteiger partial charge in [0.15, 0.2) is 0 Å². The van der Waals surface area contributed by atoms with E-state index in [1.807, 2.05) is 0 Å². The van der Waals surface area contributed by atoms with Gasteiger partial charge in [-0.3, -0.25) is 4.79 Å². The van der Waals surface area contributed by atoms with Gasteiger partial charge in [-0.2, -0.15) is 0 Å². The van der Waals surface area contributed by atoms with Crippen molar-refractivity contribution in [3.63, 3.8) is 0 Å². The number of urea groups is 1. The zero-order chi connectivity index (χ0) is 15.1. The summed E-state index contributed by atoms with van der Waals surface area (Å²) in [7, 11) is 0. The molecule has 2 fully saturated rings. The van der Waals surface area contributed by atoms with E-state index in [2.05, 4.69) is 33.0 Å². The van der Waals surface area contributed by atoms with Crippen LogP contribution in [0.2, 0.25) is 0 Å². The molecule has 114 valence electrons. The molecule has 2 aliphatic rings. The number of carboxylic acid groups (broad SMARTS) is 1. The molecule has 1 saturated heterocycles. The summed E-state index contributed by atoms with van der Waals surface area (Å²) in [6.07, 6.45) is 1.95. The molecule has 1 aliphatic heterocycles. The van der Waals surface area contributed by atoms with Crippen molar-refractivity contribution in [2.75, 3.05) is 13.1 Å². The molecule has 2 rings (SSSR count). The van der Waals surface area contributed by atoms with Crippen molar-refractivity contribution in [3.05, 3.63) is 0 Å². The van der Waals surface area contributed by atoms with E-state index in [-0.39, 0.29) is 35.2 Å². The fourth-order valence-electron chi connectivity index (χ4n) is 3.44. The Balaban J connectivity index is 1.89. The van der Waals surface area contributed by atoms with Gasteiger partial charge in [0.1, 0.15) is 0 Å². The quantitative estimate of drug-likeness (QED) is 0.834. The van der Waals surface area contributed by atoms with Gasteiger partial charge in [0, 0.05) is 25.6 Å². The number of carboxylic acids is 1. The predicted octanol–water partition coefficient (Wildman–Crippen LogP) is 2.32. The highest BCUT2D eigenvalue weighted by molar-refractivity contribution is 5.75. The van der Waals surface area contributed by atoms with Gasteiger partial charge in [0.05, 0.1) is 0 Å². The summed E-state index contributed by atoms with van der Waals surface area (Å²) in [5.74, 6) is -0.686. The van der Waals surface area contributed by atoms with Crippen LogP contribution in [-0.4, -0.2) is 41.1 Å². The Morgan fingerprint density at radius 3 is 2.35 bits per heavy atom. The van der Waals surface area contributed by atoms with Gasteiger partial charge in [-0.05, 0) is 29.6 Å². The van der Waals surface area contributed by atoms with Crippen LogP contribution in [0.3, 0.4) is 0 Å². The van der Waals surface area contributed by atoms with Crippen LogP contribution in [0, 0.1) is 16.7 Å². The molecule has 1 heterocycles. The first-order valence-electron chi connectivity index (χ1n) is 7.43. The van der Waals surface area contributed by atoms with Crippen LogP contribution >= 0.6 is 0 Å². The summed E-state index contributed by atoms with van der Waals surface area (Å²) in [4.78, 5) is 24.9. The van der Waals surface area contributed by atoms with Crippen molar-refractivity contribution in [1.29, 1.82) is 0 Å². The molecule has 0 radical (unpaired) electrons. The first kappa shape index (κ1) is 15.1. The average molecular weight is 282 g/mol. The van der Waals surface area contributed by atoms with Crippen LogP contribution in [0.1, 0.15) is 47.0 Å². The van der Waals surface area contributed by atoms with E-state index in [9.17, 15) is 9.59 Å². The van der Waals surface area contributed by atoms with Gasteiger partial charge >= 0.3 is 12.0 Å². The van der Waals surface area contributed by atoms with Gasteiger partial charge in [0.2, 0.25) is 0 Å². The van der Waals surface area contributed by atoms with Gasteiger partial charge in [-0.25, -0.2) is 4.79 Å². The molecule has 2 amide bonds. The zero-order valence-electron chi connectivity index (χ0n) is 12.9. The molecule has 0 aromatic rings. The Morgan fingerprint density at radius 2 is 1.85 bits per heavy atom. The van der Waals surface area contributed by atoms with Crippen molar-refractivity contribution < 1.29 is 14.7 Å². The lowest BCUT2D eigenvalue weighted by Crippen LogP contribution is -2.47. The number of carbonyl (C=O) groups is 2. The number of hydrogen-bond donors (Lipinski definition) is 2. The highest BCUT2D eigenvalue weighted by Crippen LogP contribution is 2.62. The second-order valence-corrected chi connectivity index (χ2v) is 7.38. The minimum absolute atomic E-state index is 0.0382. The number of nitrogens with zero attached hydrogens (tertiary/aromatic N) is 1. The number of carbonyl (C=O) groups excluding carboxylic acids is 1. The van der Waals surface area contributed by atoms with E-state index in [0.29, 0.717) is 6.54 Å². The monoisotopic (exact) mass is 282 g/mol. The molecule has 0 spiro atoms. The second kappa shape index (κ2) is 4.93. The number of aliphatic carboxylic acids is 1. The number of nitrogens with one attached hydrogen (secondary N) is 1. The number of rotatable bonds is 3. The smallest absolute Gasteiger partial charge is 0.317 e. The summed E-state index contributed by atoms with van der Waals surface area (Å²) in [6.45, 7) is 9.97. The summed E-state index contributed by atoms with van der Waals surface area (Å²) in [6, 6.07) is 0.158. The van der Waals surface area contributed by atoms with Crippen LogP contribution in [0.25, 0.3) is 0 Å². The van der Waals surface area contributed by atoms with E-state index >= 15 is 0 Å². The Bertz CT molecular complexity index is 403. The highest BCUT2D eigenvalue weighted by Gasteiger charge is 2.65. The average Bonchev–Trinajstić information content (AvgIpc) is 2.71. The molecular weight excluding hydrogens is 256 g/mol. The topological polar surface area (TPSA) is 69.6 Å². The standard InChI is InChI=1S/C15H26N2O3/c1-14(2)12(15(14,3)4)16-13(20)17-7-5-6-10(9-17)8-11(18)19/h10,12H,5-9H2,1-4H3,(H,16,20)(H,18,19). The normalized spacial score (nSPS) is 28.0. The fourth-order valence-corrected chi connectivity index (χ4v) is 3.44. The predicted molar refractivity (Wildman–Crippen MR) is 76.4 cm³/mol. The van der Waals surface area contributed by atoms with E-state index < -0.39 is 5.97 Å². The second-order valence-electron chi connectivity index (χ2n) is 7.38. The molecule has 2 N–H and O–H groups in total. The third-order valence-electron chi connectivity index (χ3n) is 5.56. The molecule has 0 aromatic carbocycles. The Morgan fingerprint density at radius 1 is 1.25 bits per heavy atom. The molecule has 5 heteroatoms. The summed E-state index contributed by atoms with van der Waals surface area (Å²) < 4.78 is 0. The van der Waals surface area contributed by atoms with Crippen molar-refractivity contribution in [3.8, 4) is 0 Å². The Hall–Kier alpha value is -1.26.